The van der Waals surface area contributed by atoms with Crippen LogP contribution in [-0.4, -0.2) is 73.8 Å². The van der Waals surface area contributed by atoms with E-state index in [0.717, 1.165) is 32.2 Å². The second kappa shape index (κ2) is 23.4. The molecular formula is C21H43N5O4. The normalized spacial score (nSPS) is 9.97. The molecule has 9 nitrogen and oxygen atoms in total. The van der Waals surface area contributed by atoms with Crippen LogP contribution in [0, 0.1) is 5.92 Å². The van der Waals surface area contributed by atoms with Crippen LogP contribution in [0.4, 0.5) is 0 Å². The first kappa shape index (κ1) is 30.4. The van der Waals surface area contributed by atoms with Crippen LogP contribution in [0.25, 0.3) is 0 Å². The molecule has 1 heterocycles. The maximum Gasteiger partial charge on any atom is 0.273 e. The van der Waals surface area contributed by atoms with Crippen molar-refractivity contribution in [2.24, 2.45) is 5.92 Å². The summed E-state index contributed by atoms with van der Waals surface area (Å²) in [6.07, 6.45) is 5.37. The fourth-order valence-corrected chi connectivity index (χ4v) is 2.00. The Balaban J connectivity index is 0. The first-order chi connectivity index (χ1) is 14.5. The smallest absolute Gasteiger partial charge is 0.273 e. The number of aldehydes is 1. The molecule has 0 saturated carbocycles. The fraction of sp³-hybridized carbons (Fsp3) is 0.810. The van der Waals surface area contributed by atoms with E-state index in [1.807, 2.05) is 27.8 Å². The van der Waals surface area contributed by atoms with Crippen LogP contribution in [0.15, 0.2) is 6.20 Å². The van der Waals surface area contributed by atoms with Gasteiger partial charge in [-0.1, -0.05) is 39.8 Å². The molecule has 0 aliphatic rings. The van der Waals surface area contributed by atoms with Gasteiger partial charge in [0.15, 0.2) is 5.69 Å². The Morgan fingerprint density at radius 2 is 1.77 bits per heavy atom. The number of nitrogens with one attached hydrogen (secondary N) is 2. The van der Waals surface area contributed by atoms with Gasteiger partial charge in [0.1, 0.15) is 6.29 Å². The van der Waals surface area contributed by atoms with E-state index in [4.69, 9.17) is 9.47 Å². The van der Waals surface area contributed by atoms with Gasteiger partial charge < -0.3 is 24.9 Å². The number of aromatic nitrogens is 3. The summed E-state index contributed by atoms with van der Waals surface area (Å²) >= 11 is 0. The third-order valence-corrected chi connectivity index (χ3v) is 3.51. The Kier molecular flexibility index (Phi) is 23.7. The first-order valence-electron chi connectivity index (χ1n) is 11.0. The van der Waals surface area contributed by atoms with E-state index in [1.54, 1.807) is 10.9 Å². The molecule has 0 bridgehead atoms. The lowest BCUT2D eigenvalue weighted by atomic mass is 10.1. The molecule has 1 aromatic heterocycles. The molecule has 0 radical (unpaired) electrons. The molecule has 0 fully saturated rings. The van der Waals surface area contributed by atoms with E-state index in [0.29, 0.717) is 51.0 Å². The van der Waals surface area contributed by atoms with E-state index in [-0.39, 0.29) is 5.91 Å². The Bertz CT molecular complexity index is 509. The van der Waals surface area contributed by atoms with Gasteiger partial charge >= 0.3 is 0 Å². The predicted octanol–water partition coefficient (Wildman–Crippen LogP) is 2.32. The molecule has 0 aromatic carbocycles. The lowest BCUT2D eigenvalue weighted by Crippen LogP contribution is -2.28. The van der Waals surface area contributed by atoms with Crippen molar-refractivity contribution in [3.05, 3.63) is 11.9 Å². The van der Waals surface area contributed by atoms with Crippen LogP contribution in [0.1, 0.15) is 64.4 Å². The van der Waals surface area contributed by atoms with Gasteiger partial charge in [-0.15, -0.1) is 5.10 Å². The summed E-state index contributed by atoms with van der Waals surface area (Å²) in [5.74, 6) is 0.448. The van der Waals surface area contributed by atoms with Gasteiger partial charge in [0.05, 0.1) is 32.6 Å². The topological polar surface area (TPSA) is 107 Å². The van der Waals surface area contributed by atoms with Crippen LogP contribution in [-0.2, 0) is 20.8 Å². The third-order valence-electron chi connectivity index (χ3n) is 3.51. The zero-order valence-electron chi connectivity index (χ0n) is 19.8. The van der Waals surface area contributed by atoms with Crippen LogP contribution in [0.5, 0.6) is 0 Å². The van der Waals surface area contributed by atoms with Gasteiger partial charge in [-0.3, -0.25) is 9.48 Å². The predicted molar refractivity (Wildman–Crippen MR) is 120 cm³/mol. The molecule has 30 heavy (non-hydrogen) atoms. The molecule has 1 aromatic rings. The summed E-state index contributed by atoms with van der Waals surface area (Å²) in [5, 5.41) is 13.7. The van der Waals surface area contributed by atoms with Crippen LogP contribution < -0.4 is 10.6 Å². The van der Waals surface area contributed by atoms with Crippen molar-refractivity contribution >= 4 is 12.2 Å². The molecule has 0 aliphatic carbocycles. The summed E-state index contributed by atoms with van der Waals surface area (Å²) in [6, 6.07) is 0. The molecular weight excluding hydrogens is 386 g/mol. The van der Waals surface area contributed by atoms with Gasteiger partial charge in [-0.25, -0.2) is 0 Å². The lowest BCUT2D eigenvalue weighted by Gasteiger charge is -2.06. The fourth-order valence-electron chi connectivity index (χ4n) is 2.00. The van der Waals surface area contributed by atoms with Crippen molar-refractivity contribution in [3.8, 4) is 0 Å². The molecule has 176 valence electrons. The van der Waals surface area contributed by atoms with E-state index in [2.05, 4.69) is 34.8 Å². The zero-order chi connectivity index (χ0) is 23.0. The second-order valence-corrected chi connectivity index (χ2v) is 6.56. The molecule has 0 atom stereocenters. The van der Waals surface area contributed by atoms with E-state index >= 15 is 0 Å². The highest BCUT2D eigenvalue weighted by Crippen LogP contribution is 2.05. The molecule has 2 N–H and O–H groups in total. The number of carbonyl (C=O) groups excluding carboxylic acids is 2. The highest BCUT2D eigenvalue weighted by molar-refractivity contribution is 5.91. The van der Waals surface area contributed by atoms with Crippen molar-refractivity contribution in [3.63, 3.8) is 0 Å². The largest absolute Gasteiger partial charge is 0.378 e. The number of rotatable bonds is 15. The second-order valence-electron chi connectivity index (χ2n) is 6.56. The van der Waals surface area contributed by atoms with Crippen LogP contribution >= 0.6 is 0 Å². The van der Waals surface area contributed by atoms with Crippen molar-refractivity contribution in [1.29, 1.82) is 0 Å². The number of aryl methyl sites for hydroxylation is 1. The minimum atomic E-state index is -0.223. The first-order valence-corrected chi connectivity index (χ1v) is 11.0. The Morgan fingerprint density at radius 3 is 2.30 bits per heavy atom. The minimum Gasteiger partial charge on any atom is -0.378 e. The third kappa shape index (κ3) is 19.5. The molecule has 0 aliphatic heterocycles. The van der Waals surface area contributed by atoms with E-state index in [1.165, 1.54) is 0 Å². The number of hydrogen-bond acceptors (Lipinski definition) is 7. The number of carbonyl (C=O) groups is 2. The Labute approximate surface area is 182 Å². The Morgan fingerprint density at radius 1 is 1.17 bits per heavy atom. The molecule has 0 unspecified atom stereocenters. The van der Waals surface area contributed by atoms with E-state index in [9.17, 15) is 9.59 Å². The summed E-state index contributed by atoms with van der Waals surface area (Å²) in [6.45, 7) is 14.4. The quantitative estimate of drug-likeness (QED) is 0.325. The summed E-state index contributed by atoms with van der Waals surface area (Å²) in [5.41, 5.74) is 0.343. The molecule has 0 spiro atoms. The maximum atomic E-state index is 11.9. The molecule has 1 amide bonds. The SMILES string of the molecule is CC.CCC=O.CNCCOCCOCCNC(=O)c1cn(CCCC(C)C)nn1. The molecule has 1 rings (SSSR count). The minimum absolute atomic E-state index is 0.223. The number of ether oxygens (including phenoxy) is 2. The van der Waals surface area contributed by atoms with Crippen LogP contribution in [0.3, 0.4) is 0 Å². The number of amides is 1. The average molecular weight is 430 g/mol. The highest BCUT2D eigenvalue weighted by atomic mass is 16.5. The van der Waals surface area contributed by atoms with Gasteiger partial charge in [0.2, 0.25) is 0 Å². The van der Waals surface area contributed by atoms with Crippen LogP contribution in [0.2, 0.25) is 0 Å². The number of hydrogen-bond donors (Lipinski definition) is 2. The monoisotopic (exact) mass is 429 g/mol. The van der Waals surface area contributed by atoms with Crippen molar-refractivity contribution < 1.29 is 19.1 Å². The summed E-state index contributed by atoms with van der Waals surface area (Å²) < 4.78 is 12.4. The average Bonchev–Trinajstić information content (AvgIpc) is 3.23. The molecule has 0 saturated heterocycles. The number of nitrogens with zero attached hydrogens (tertiary/aromatic N) is 3. The highest BCUT2D eigenvalue weighted by Gasteiger charge is 2.10. The van der Waals surface area contributed by atoms with Gasteiger partial charge in [0.25, 0.3) is 5.91 Å². The summed E-state index contributed by atoms with van der Waals surface area (Å²) in [7, 11) is 1.88. The van der Waals surface area contributed by atoms with E-state index < -0.39 is 0 Å². The number of likely N-dealkylation sites (N-methyl/N-ethyl adjacent to an activating group) is 1. The van der Waals surface area contributed by atoms with Crippen molar-refractivity contribution in [2.75, 3.05) is 46.6 Å². The standard InChI is InChI=1S/C16H31N5O3.C3H6O.C2H6/c1-14(2)5-4-8-21-13-15(19-20-21)16(22)18-7-10-24-12-11-23-9-6-17-3;1-2-3-4;1-2/h13-14,17H,4-12H2,1-3H3,(H,18,22);3H,2H2,1H3;1-2H3. The van der Waals surface area contributed by atoms with Crippen molar-refractivity contribution in [1.82, 2.24) is 25.6 Å². The zero-order valence-corrected chi connectivity index (χ0v) is 19.8. The lowest BCUT2D eigenvalue weighted by molar-refractivity contribution is -0.107. The van der Waals surface area contributed by atoms with Gasteiger partial charge in [-0.05, 0) is 25.8 Å². The molecule has 9 heteroatoms. The van der Waals surface area contributed by atoms with Crippen molar-refractivity contribution in [2.45, 2.75) is 60.4 Å². The summed E-state index contributed by atoms with van der Waals surface area (Å²) in [4.78, 5) is 21.1. The van der Waals surface area contributed by atoms with Gasteiger partial charge in [-0.2, -0.15) is 0 Å². The Hall–Kier alpha value is -1.84. The van der Waals surface area contributed by atoms with Gasteiger partial charge in [0, 0.05) is 26.1 Å². The maximum absolute atomic E-state index is 11.9.